The number of benzene rings is 1. The molecule has 3 nitrogen and oxygen atoms in total. The predicted octanol–water partition coefficient (Wildman–Crippen LogP) is 4.46. The molecule has 0 bridgehead atoms. The van der Waals surface area contributed by atoms with Crippen LogP contribution in [0.3, 0.4) is 0 Å². The molecule has 3 heteroatoms. The van der Waals surface area contributed by atoms with Crippen molar-refractivity contribution in [2.45, 2.75) is 38.6 Å². The minimum atomic E-state index is 0.150. The van der Waals surface area contributed by atoms with Crippen molar-refractivity contribution in [1.82, 2.24) is 9.47 Å². The quantitative estimate of drug-likeness (QED) is 0.709. The van der Waals surface area contributed by atoms with Gasteiger partial charge in [-0.1, -0.05) is 37.8 Å². The maximum absolute atomic E-state index is 7.77. The molecule has 0 spiro atoms. The summed E-state index contributed by atoms with van der Waals surface area (Å²) in [5.74, 6) is 0.823. The van der Waals surface area contributed by atoms with E-state index in [4.69, 9.17) is 6.57 Å². The summed E-state index contributed by atoms with van der Waals surface area (Å²) in [6.07, 6.45) is 7.01. The zero-order valence-electron chi connectivity index (χ0n) is 13.5. The molecule has 1 fully saturated rings. The summed E-state index contributed by atoms with van der Waals surface area (Å²) in [6.45, 7) is 12.4. The van der Waals surface area contributed by atoms with Crippen molar-refractivity contribution in [3.8, 4) is 0 Å². The Morgan fingerprint density at radius 3 is 3.00 bits per heavy atom. The third-order valence-corrected chi connectivity index (χ3v) is 6.34. The van der Waals surface area contributed by atoms with Gasteiger partial charge in [0.05, 0.1) is 6.04 Å². The SMILES string of the molecule is [C-]#[N+]C1=C[C@]2(CC)CCCN3CCc4c(n1c1ccccc41)[C@@H]32. The molecule has 0 saturated carbocycles. The largest absolute Gasteiger partial charge is 0.364 e. The van der Waals surface area contributed by atoms with Gasteiger partial charge in [0.25, 0.3) is 0 Å². The lowest BCUT2D eigenvalue weighted by atomic mass is 9.66. The van der Waals surface area contributed by atoms with Gasteiger partial charge in [0.15, 0.2) is 0 Å². The van der Waals surface area contributed by atoms with Crippen molar-refractivity contribution in [3.05, 3.63) is 53.0 Å². The fraction of sp³-hybridized carbons (Fsp3) is 0.450. The van der Waals surface area contributed by atoms with E-state index < -0.39 is 0 Å². The van der Waals surface area contributed by atoms with Crippen LogP contribution in [-0.4, -0.2) is 22.6 Å². The van der Waals surface area contributed by atoms with E-state index in [9.17, 15) is 0 Å². The van der Waals surface area contributed by atoms with Crippen molar-refractivity contribution < 1.29 is 0 Å². The average Bonchev–Trinajstić information content (AvgIpc) is 2.95. The monoisotopic (exact) mass is 303 g/mol. The first-order valence-corrected chi connectivity index (χ1v) is 8.76. The Bertz CT molecular complexity index is 882. The van der Waals surface area contributed by atoms with Gasteiger partial charge in [-0.3, -0.25) is 9.47 Å². The summed E-state index contributed by atoms with van der Waals surface area (Å²) in [4.78, 5) is 6.62. The Balaban J connectivity index is 1.92. The lowest BCUT2D eigenvalue weighted by Gasteiger charge is -2.52. The van der Waals surface area contributed by atoms with Crippen LogP contribution in [0, 0.1) is 12.0 Å². The summed E-state index contributed by atoms with van der Waals surface area (Å²) >= 11 is 0. The molecule has 0 unspecified atom stereocenters. The second kappa shape index (κ2) is 4.49. The zero-order valence-corrected chi connectivity index (χ0v) is 13.5. The minimum absolute atomic E-state index is 0.150. The third-order valence-electron chi connectivity index (χ3n) is 6.34. The molecule has 1 aromatic heterocycles. The third kappa shape index (κ3) is 1.52. The molecule has 4 heterocycles. The molecule has 0 amide bonds. The molecule has 0 aliphatic carbocycles. The molecule has 116 valence electrons. The first-order valence-electron chi connectivity index (χ1n) is 8.76. The van der Waals surface area contributed by atoms with Gasteiger partial charge in [0.1, 0.15) is 11.2 Å². The van der Waals surface area contributed by atoms with Crippen LogP contribution in [0.1, 0.15) is 43.5 Å². The fourth-order valence-corrected chi connectivity index (χ4v) is 5.33. The predicted molar refractivity (Wildman–Crippen MR) is 92.8 cm³/mol. The molecule has 23 heavy (non-hydrogen) atoms. The van der Waals surface area contributed by atoms with Crippen LogP contribution in [-0.2, 0) is 6.42 Å². The lowest BCUT2D eigenvalue weighted by molar-refractivity contribution is 0.0272. The highest BCUT2D eigenvalue weighted by Gasteiger charge is 2.51. The Hall–Kier alpha value is -2.05. The van der Waals surface area contributed by atoms with Crippen LogP contribution in [0.4, 0.5) is 0 Å². The Labute approximate surface area is 137 Å². The number of rotatable bonds is 1. The van der Waals surface area contributed by atoms with Gasteiger partial charge in [0, 0.05) is 22.9 Å². The topological polar surface area (TPSA) is 12.5 Å². The molecule has 1 aromatic carbocycles. The smallest absolute Gasteiger partial charge is 0.232 e. The van der Waals surface area contributed by atoms with Gasteiger partial charge in [-0.2, -0.15) is 0 Å². The highest BCUT2D eigenvalue weighted by molar-refractivity contribution is 5.90. The molecular formula is C20H21N3. The summed E-state index contributed by atoms with van der Waals surface area (Å²) in [6, 6.07) is 9.11. The number of aromatic nitrogens is 1. The second-order valence-corrected chi connectivity index (χ2v) is 7.21. The van der Waals surface area contributed by atoms with E-state index in [1.54, 1.807) is 0 Å². The molecule has 2 atom stereocenters. The van der Waals surface area contributed by atoms with E-state index in [2.05, 4.69) is 51.6 Å². The summed E-state index contributed by atoms with van der Waals surface area (Å²) in [5, 5.41) is 1.36. The Morgan fingerprint density at radius 1 is 1.30 bits per heavy atom. The Morgan fingerprint density at radius 2 is 2.17 bits per heavy atom. The van der Waals surface area contributed by atoms with Gasteiger partial charge in [-0.05, 0) is 38.3 Å². The van der Waals surface area contributed by atoms with Crippen LogP contribution < -0.4 is 0 Å². The fourth-order valence-electron chi connectivity index (χ4n) is 5.33. The number of hydrogen-bond donors (Lipinski definition) is 0. The van der Waals surface area contributed by atoms with Crippen LogP contribution in [0.25, 0.3) is 21.6 Å². The van der Waals surface area contributed by atoms with Crippen molar-refractivity contribution in [2.24, 2.45) is 5.41 Å². The van der Waals surface area contributed by atoms with Crippen molar-refractivity contribution >= 4 is 16.7 Å². The Kier molecular flexibility index (Phi) is 2.61. The molecule has 0 N–H and O–H groups in total. The molecule has 3 aliphatic rings. The van der Waals surface area contributed by atoms with E-state index in [0.29, 0.717) is 6.04 Å². The van der Waals surface area contributed by atoms with Gasteiger partial charge < -0.3 is 4.85 Å². The first-order chi connectivity index (χ1) is 11.3. The lowest BCUT2D eigenvalue weighted by Crippen LogP contribution is -2.50. The first kappa shape index (κ1) is 13.4. The van der Waals surface area contributed by atoms with Gasteiger partial charge in [0.2, 0.25) is 5.82 Å². The maximum atomic E-state index is 7.77. The molecule has 3 aliphatic heterocycles. The average molecular weight is 303 g/mol. The summed E-state index contributed by atoms with van der Waals surface area (Å²) in [7, 11) is 0. The molecule has 0 radical (unpaired) electrons. The van der Waals surface area contributed by atoms with Crippen molar-refractivity contribution in [3.63, 3.8) is 0 Å². The number of para-hydroxylation sites is 1. The van der Waals surface area contributed by atoms with E-state index in [1.807, 2.05) is 0 Å². The minimum Gasteiger partial charge on any atom is -0.364 e. The zero-order chi connectivity index (χ0) is 15.6. The standard InChI is InChI=1S/C20H21N3/c1-3-20-10-6-11-22-12-9-15-14-7-4-5-8-16(14)23(17(13-20)21-2)18(15)19(20)22/h4-5,7-8,13,19H,3,6,9-12H2,1H3/t19-,20+/m1/s1. The molecular weight excluding hydrogens is 282 g/mol. The van der Waals surface area contributed by atoms with Crippen LogP contribution in [0.5, 0.6) is 0 Å². The number of hydrogen-bond acceptors (Lipinski definition) is 1. The van der Waals surface area contributed by atoms with Crippen LogP contribution >= 0.6 is 0 Å². The highest BCUT2D eigenvalue weighted by atomic mass is 15.2. The number of nitrogens with zero attached hydrogens (tertiary/aromatic N) is 3. The van der Waals surface area contributed by atoms with Gasteiger partial charge >= 0.3 is 0 Å². The van der Waals surface area contributed by atoms with Crippen molar-refractivity contribution in [1.29, 1.82) is 0 Å². The summed E-state index contributed by atoms with van der Waals surface area (Å²) in [5.41, 5.74) is 4.29. The normalized spacial score (nSPS) is 29.0. The summed E-state index contributed by atoms with van der Waals surface area (Å²) < 4.78 is 2.27. The maximum Gasteiger partial charge on any atom is 0.232 e. The van der Waals surface area contributed by atoms with E-state index >= 15 is 0 Å². The van der Waals surface area contributed by atoms with Gasteiger partial charge in [-0.25, -0.2) is 0 Å². The number of fused-ring (bicyclic) bond motifs is 3. The molecule has 5 rings (SSSR count). The highest BCUT2D eigenvalue weighted by Crippen LogP contribution is 2.57. The van der Waals surface area contributed by atoms with Gasteiger partial charge in [-0.15, -0.1) is 0 Å². The van der Waals surface area contributed by atoms with Crippen molar-refractivity contribution in [2.75, 3.05) is 13.1 Å². The van der Waals surface area contributed by atoms with E-state index in [-0.39, 0.29) is 5.41 Å². The van der Waals surface area contributed by atoms with E-state index in [0.717, 1.165) is 25.2 Å². The van der Waals surface area contributed by atoms with Crippen LogP contribution in [0.15, 0.2) is 30.3 Å². The number of piperidine rings is 1. The molecule has 1 saturated heterocycles. The van der Waals surface area contributed by atoms with Crippen LogP contribution in [0.2, 0.25) is 0 Å². The molecule has 2 aromatic rings. The second-order valence-electron chi connectivity index (χ2n) is 7.21. The van der Waals surface area contributed by atoms with E-state index in [1.165, 1.54) is 41.5 Å².